The van der Waals surface area contributed by atoms with Crippen molar-refractivity contribution in [1.29, 1.82) is 5.26 Å². The molecule has 0 aliphatic heterocycles. The van der Waals surface area contributed by atoms with Crippen LogP contribution in [0.2, 0.25) is 0 Å². The molecule has 0 aliphatic rings. The van der Waals surface area contributed by atoms with Crippen LogP contribution in [0.3, 0.4) is 0 Å². The summed E-state index contributed by atoms with van der Waals surface area (Å²) in [5.41, 5.74) is 2.23. The lowest BCUT2D eigenvalue weighted by atomic mass is 10.1. The summed E-state index contributed by atoms with van der Waals surface area (Å²) in [7, 11) is 0. The van der Waals surface area contributed by atoms with Crippen molar-refractivity contribution < 1.29 is 0 Å². The van der Waals surface area contributed by atoms with E-state index in [9.17, 15) is 0 Å². The Kier molecular flexibility index (Phi) is 3.15. The van der Waals surface area contributed by atoms with Crippen LogP contribution in [0.15, 0.2) is 36.4 Å². The van der Waals surface area contributed by atoms with Crippen molar-refractivity contribution >= 4 is 0 Å². The molecule has 0 N–H and O–H groups in total. The minimum atomic E-state index is 0.214. The third kappa shape index (κ3) is 2.48. The molecule has 17 heavy (non-hydrogen) atoms. The van der Waals surface area contributed by atoms with Gasteiger partial charge < -0.3 is 0 Å². The summed E-state index contributed by atoms with van der Waals surface area (Å²) < 4.78 is 0. The summed E-state index contributed by atoms with van der Waals surface area (Å²) in [5.74, 6) is 0.925. The number of rotatable bonds is 2. The van der Waals surface area contributed by atoms with Crippen LogP contribution >= 0.6 is 0 Å². The number of hydrogen-bond donors (Lipinski definition) is 0. The van der Waals surface area contributed by atoms with Gasteiger partial charge >= 0.3 is 0 Å². The van der Waals surface area contributed by atoms with Gasteiger partial charge in [0.15, 0.2) is 0 Å². The zero-order valence-corrected chi connectivity index (χ0v) is 9.88. The molecule has 0 unspecified atom stereocenters. The summed E-state index contributed by atoms with van der Waals surface area (Å²) in [5, 5.41) is 8.97. The molecule has 2 rings (SSSR count). The predicted molar refractivity (Wildman–Crippen MR) is 66.3 cm³/mol. The highest BCUT2D eigenvalue weighted by Gasteiger charge is 2.08. The number of nitrogens with zero attached hydrogens (tertiary/aromatic N) is 3. The Labute approximate surface area is 101 Å². The van der Waals surface area contributed by atoms with E-state index in [2.05, 4.69) is 16.0 Å². The van der Waals surface area contributed by atoms with E-state index in [4.69, 9.17) is 5.26 Å². The largest absolute Gasteiger partial charge is 0.233 e. The van der Waals surface area contributed by atoms with E-state index in [1.54, 1.807) is 6.07 Å². The first kappa shape index (κ1) is 11.3. The number of benzene rings is 1. The average Bonchev–Trinajstić information content (AvgIpc) is 2.39. The van der Waals surface area contributed by atoms with Crippen LogP contribution in [0.1, 0.15) is 31.3 Å². The highest BCUT2D eigenvalue weighted by Crippen LogP contribution is 2.19. The van der Waals surface area contributed by atoms with Crippen LogP contribution in [0.4, 0.5) is 0 Å². The van der Waals surface area contributed by atoms with E-state index in [1.807, 2.05) is 44.2 Å². The van der Waals surface area contributed by atoms with E-state index < -0.39 is 0 Å². The molecular formula is C14H13N3. The van der Waals surface area contributed by atoms with E-state index in [0.717, 1.165) is 11.3 Å². The molecule has 3 heteroatoms. The standard InChI is InChI=1S/C14H13N3/c1-10(2)14-16-12(9-15)8-13(17-14)11-6-4-3-5-7-11/h3-8,10H,1-2H3. The topological polar surface area (TPSA) is 49.6 Å². The van der Waals surface area contributed by atoms with Crippen LogP contribution in [0.25, 0.3) is 11.3 Å². The molecule has 0 atom stereocenters. The van der Waals surface area contributed by atoms with Gasteiger partial charge in [-0.05, 0) is 0 Å². The number of nitriles is 1. The van der Waals surface area contributed by atoms with Crippen molar-refractivity contribution in [2.24, 2.45) is 0 Å². The maximum absolute atomic E-state index is 8.97. The van der Waals surface area contributed by atoms with Gasteiger partial charge in [-0.25, -0.2) is 9.97 Å². The lowest BCUT2D eigenvalue weighted by molar-refractivity contribution is 0.773. The van der Waals surface area contributed by atoms with E-state index >= 15 is 0 Å². The summed E-state index contributed by atoms with van der Waals surface area (Å²) in [6.07, 6.45) is 0. The Hall–Kier alpha value is -2.21. The average molecular weight is 223 g/mol. The summed E-state index contributed by atoms with van der Waals surface area (Å²) in [4.78, 5) is 8.69. The molecule has 3 nitrogen and oxygen atoms in total. The molecule has 0 radical (unpaired) electrons. The monoisotopic (exact) mass is 223 g/mol. The minimum Gasteiger partial charge on any atom is -0.233 e. The van der Waals surface area contributed by atoms with Crippen molar-refractivity contribution in [3.8, 4) is 17.3 Å². The maximum atomic E-state index is 8.97. The third-order valence-corrected chi connectivity index (χ3v) is 2.44. The van der Waals surface area contributed by atoms with Gasteiger partial charge in [0, 0.05) is 17.5 Å². The van der Waals surface area contributed by atoms with Crippen molar-refractivity contribution in [2.75, 3.05) is 0 Å². The van der Waals surface area contributed by atoms with Gasteiger partial charge in [-0.1, -0.05) is 44.2 Å². The molecule has 0 spiro atoms. The Morgan fingerprint density at radius 1 is 1.12 bits per heavy atom. The van der Waals surface area contributed by atoms with Gasteiger partial charge in [-0.15, -0.1) is 0 Å². The second-order valence-electron chi connectivity index (χ2n) is 4.13. The molecule has 0 bridgehead atoms. The lowest BCUT2D eigenvalue weighted by Crippen LogP contribution is -2.01. The predicted octanol–water partition coefficient (Wildman–Crippen LogP) is 3.14. The Balaban J connectivity index is 2.55. The smallest absolute Gasteiger partial charge is 0.144 e. The molecule has 1 heterocycles. The molecular weight excluding hydrogens is 210 g/mol. The van der Waals surface area contributed by atoms with Crippen molar-refractivity contribution in [3.63, 3.8) is 0 Å². The molecule has 2 aromatic rings. The lowest BCUT2D eigenvalue weighted by Gasteiger charge is -2.07. The first-order chi connectivity index (χ1) is 8.20. The van der Waals surface area contributed by atoms with Gasteiger partial charge in [0.25, 0.3) is 0 Å². The quantitative estimate of drug-likeness (QED) is 0.785. The molecule has 0 saturated carbocycles. The molecule has 1 aromatic carbocycles. The van der Waals surface area contributed by atoms with Gasteiger partial charge in [-0.3, -0.25) is 0 Å². The molecule has 0 amide bonds. The van der Waals surface area contributed by atoms with Crippen molar-refractivity contribution in [3.05, 3.63) is 47.9 Å². The van der Waals surface area contributed by atoms with Crippen LogP contribution in [-0.4, -0.2) is 9.97 Å². The minimum absolute atomic E-state index is 0.214. The maximum Gasteiger partial charge on any atom is 0.144 e. The highest BCUT2D eigenvalue weighted by atomic mass is 14.9. The Morgan fingerprint density at radius 3 is 2.41 bits per heavy atom. The second kappa shape index (κ2) is 4.75. The molecule has 0 saturated heterocycles. The highest BCUT2D eigenvalue weighted by molar-refractivity contribution is 5.60. The third-order valence-electron chi connectivity index (χ3n) is 2.44. The fourth-order valence-electron chi connectivity index (χ4n) is 1.54. The van der Waals surface area contributed by atoms with Crippen molar-refractivity contribution in [1.82, 2.24) is 9.97 Å². The molecule has 84 valence electrons. The molecule has 1 aromatic heterocycles. The molecule has 0 aliphatic carbocycles. The SMILES string of the molecule is CC(C)c1nc(C#N)cc(-c2ccccc2)n1. The normalized spacial score (nSPS) is 10.2. The summed E-state index contributed by atoms with van der Waals surface area (Å²) in [6, 6.07) is 13.6. The van der Waals surface area contributed by atoms with Gasteiger partial charge in [-0.2, -0.15) is 5.26 Å². The summed E-state index contributed by atoms with van der Waals surface area (Å²) >= 11 is 0. The number of hydrogen-bond acceptors (Lipinski definition) is 3. The number of aromatic nitrogens is 2. The second-order valence-corrected chi connectivity index (χ2v) is 4.13. The Bertz CT molecular complexity index is 553. The van der Waals surface area contributed by atoms with Crippen LogP contribution in [0, 0.1) is 11.3 Å². The van der Waals surface area contributed by atoms with Gasteiger partial charge in [0.05, 0.1) is 5.69 Å². The fourth-order valence-corrected chi connectivity index (χ4v) is 1.54. The fraction of sp³-hybridized carbons (Fsp3) is 0.214. The van der Waals surface area contributed by atoms with Gasteiger partial charge in [0.2, 0.25) is 0 Å². The van der Waals surface area contributed by atoms with E-state index in [1.165, 1.54) is 0 Å². The zero-order valence-electron chi connectivity index (χ0n) is 9.88. The summed E-state index contributed by atoms with van der Waals surface area (Å²) in [6.45, 7) is 4.04. The first-order valence-electron chi connectivity index (χ1n) is 5.55. The van der Waals surface area contributed by atoms with Gasteiger partial charge in [0.1, 0.15) is 17.6 Å². The van der Waals surface area contributed by atoms with Crippen LogP contribution < -0.4 is 0 Å². The zero-order chi connectivity index (χ0) is 12.3. The van der Waals surface area contributed by atoms with Crippen LogP contribution in [0.5, 0.6) is 0 Å². The Morgan fingerprint density at radius 2 is 1.82 bits per heavy atom. The van der Waals surface area contributed by atoms with Crippen molar-refractivity contribution in [2.45, 2.75) is 19.8 Å². The molecule has 0 fully saturated rings. The van der Waals surface area contributed by atoms with E-state index in [-0.39, 0.29) is 5.92 Å². The first-order valence-corrected chi connectivity index (χ1v) is 5.55. The van der Waals surface area contributed by atoms with E-state index in [0.29, 0.717) is 11.5 Å². The van der Waals surface area contributed by atoms with Crippen LogP contribution in [-0.2, 0) is 0 Å².